The number of aryl methyl sites for hydroxylation is 1. The van der Waals surface area contributed by atoms with Crippen molar-refractivity contribution in [1.82, 2.24) is 34.9 Å². The minimum atomic E-state index is -4.76. The van der Waals surface area contributed by atoms with Crippen LogP contribution in [0.5, 0.6) is 5.75 Å². The van der Waals surface area contributed by atoms with E-state index in [9.17, 15) is 13.2 Å². The van der Waals surface area contributed by atoms with Gasteiger partial charge in [0, 0.05) is 24.8 Å². The standard InChI is InChI=1S/C21H19F3N8O2/c1-13-26-18(29-32(13)12-15-8-9-25-20(27-15)31-10-2-3-11-31)19-28-17(30-34-19)14-4-6-16(7-5-14)33-21(22,23)24/h4-9H,2-3,10-12H2,1H3. The smallest absolute Gasteiger partial charge is 0.406 e. The molecule has 0 bridgehead atoms. The average Bonchev–Trinajstić information content (AvgIpc) is 3.55. The molecule has 0 amide bonds. The molecular weight excluding hydrogens is 453 g/mol. The van der Waals surface area contributed by atoms with Crippen molar-refractivity contribution < 1.29 is 22.4 Å². The first kappa shape index (κ1) is 21.8. The first-order valence-corrected chi connectivity index (χ1v) is 10.5. The van der Waals surface area contributed by atoms with Crippen molar-refractivity contribution in [2.75, 3.05) is 18.0 Å². The van der Waals surface area contributed by atoms with Crippen molar-refractivity contribution in [3.05, 3.63) is 48.0 Å². The largest absolute Gasteiger partial charge is 0.573 e. The lowest BCUT2D eigenvalue weighted by molar-refractivity contribution is -0.274. The SMILES string of the molecule is Cc1nc(-c2nc(-c3ccc(OC(F)(F)F)cc3)no2)nn1Cc1ccnc(N2CCCC2)n1. The van der Waals surface area contributed by atoms with Crippen molar-refractivity contribution in [2.24, 2.45) is 0 Å². The van der Waals surface area contributed by atoms with Crippen LogP contribution in [0, 0.1) is 6.92 Å². The monoisotopic (exact) mass is 472 g/mol. The summed E-state index contributed by atoms with van der Waals surface area (Å²) in [5, 5.41) is 8.34. The zero-order chi connectivity index (χ0) is 23.7. The molecule has 4 aromatic rings. The van der Waals surface area contributed by atoms with Gasteiger partial charge in [0.05, 0.1) is 12.2 Å². The number of nitrogens with zero attached hydrogens (tertiary/aromatic N) is 8. The van der Waals surface area contributed by atoms with E-state index in [1.54, 1.807) is 17.8 Å². The summed E-state index contributed by atoms with van der Waals surface area (Å²) in [7, 11) is 0. The molecule has 4 heterocycles. The zero-order valence-corrected chi connectivity index (χ0v) is 18.0. The van der Waals surface area contributed by atoms with E-state index in [-0.39, 0.29) is 23.3 Å². The fraction of sp³-hybridized carbons (Fsp3) is 0.333. The molecule has 5 rings (SSSR count). The highest BCUT2D eigenvalue weighted by Gasteiger charge is 2.31. The second kappa shape index (κ2) is 8.72. The number of alkyl halides is 3. The molecule has 1 fully saturated rings. The summed E-state index contributed by atoms with van der Waals surface area (Å²) in [4.78, 5) is 19.8. The van der Waals surface area contributed by atoms with Gasteiger partial charge in [-0.3, -0.25) is 0 Å². The van der Waals surface area contributed by atoms with E-state index in [1.807, 2.05) is 6.07 Å². The Bertz CT molecular complexity index is 1280. The van der Waals surface area contributed by atoms with Gasteiger partial charge in [-0.25, -0.2) is 19.6 Å². The van der Waals surface area contributed by atoms with Crippen molar-refractivity contribution >= 4 is 5.95 Å². The molecule has 1 aliphatic rings. The summed E-state index contributed by atoms with van der Waals surface area (Å²) in [5.74, 6) is 1.52. The molecule has 0 aliphatic carbocycles. The van der Waals surface area contributed by atoms with E-state index >= 15 is 0 Å². The van der Waals surface area contributed by atoms with Gasteiger partial charge < -0.3 is 14.2 Å². The summed E-state index contributed by atoms with van der Waals surface area (Å²) in [6.45, 7) is 4.10. The summed E-state index contributed by atoms with van der Waals surface area (Å²) in [5.41, 5.74) is 1.25. The Morgan fingerprint density at radius 3 is 2.50 bits per heavy atom. The molecule has 0 atom stereocenters. The third-order valence-corrected chi connectivity index (χ3v) is 5.22. The van der Waals surface area contributed by atoms with Crippen molar-refractivity contribution in [3.8, 4) is 28.9 Å². The van der Waals surface area contributed by atoms with Crippen LogP contribution in [0.2, 0.25) is 0 Å². The van der Waals surface area contributed by atoms with Crippen LogP contribution in [-0.2, 0) is 6.54 Å². The van der Waals surface area contributed by atoms with E-state index < -0.39 is 6.36 Å². The predicted molar refractivity (Wildman–Crippen MR) is 113 cm³/mol. The third-order valence-electron chi connectivity index (χ3n) is 5.22. The first-order chi connectivity index (χ1) is 16.3. The summed E-state index contributed by atoms with van der Waals surface area (Å²) in [6.07, 6.45) is -0.753. The Balaban J connectivity index is 1.31. The second-order valence-electron chi connectivity index (χ2n) is 7.68. The summed E-state index contributed by atoms with van der Waals surface area (Å²) >= 11 is 0. The summed E-state index contributed by atoms with van der Waals surface area (Å²) < 4.78 is 47.8. The lowest BCUT2D eigenvalue weighted by Crippen LogP contribution is -2.21. The normalized spacial score (nSPS) is 14.1. The molecule has 1 aromatic carbocycles. The molecule has 3 aromatic heterocycles. The van der Waals surface area contributed by atoms with Crippen LogP contribution in [0.4, 0.5) is 19.1 Å². The number of hydrogen-bond acceptors (Lipinski definition) is 9. The minimum Gasteiger partial charge on any atom is -0.406 e. The van der Waals surface area contributed by atoms with Gasteiger partial charge in [-0.2, -0.15) is 4.98 Å². The zero-order valence-electron chi connectivity index (χ0n) is 18.0. The molecule has 0 spiro atoms. The van der Waals surface area contributed by atoms with Gasteiger partial charge in [0.1, 0.15) is 11.6 Å². The number of hydrogen-bond donors (Lipinski definition) is 0. The number of halogens is 3. The lowest BCUT2D eigenvalue weighted by atomic mass is 10.2. The van der Waals surface area contributed by atoms with Crippen molar-refractivity contribution in [3.63, 3.8) is 0 Å². The number of aromatic nitrogens is 7. The Morgan fingerprint density at radius 2 is 1.76 bits per heavy atom. The minimum absolute atomic E-state index is 0.0907. The maximum absolute atomic E-state index is 12.3. The summed E-state index contributed by atoms with van der Waals surface area (Å²) in [6, 6.07) is 6.99. The van der Waals surface area contributed by atoms with Crippen LogP contribution in [-0.4, -0.2) is 54.3 Å². The lowest BCUT2D eigenvalue weighted by Gasteiger charge is -2.15. The Morgan fingerprint density at radius 1 is 1.00 bits per heavy atom. The van der Waals surface area contributed by atoms with Gasteiger partial charge in [-0.15, -0.1) is 18.3 Å². The number of benzene rings is 1. The highest BCUT2D eigenvalue weighted by atomic mass is 19.4. The maximum Gasteiger partial charge on any atom is 0.573 e. The number of ether oxygens (including phenoxy) is 1. The van der Waals surface area contributed by atoms with Gasteiger partial charge in [0.15, 0.2) is 0 Å². The molecule has 1 saturated heterocycles. The highest BCUT2D eigenvalue weighted by Crippen LogP contribution is 2.26. The van der Waals surface area contributed by atoms with E-state index in [1.165, 1.54) is 24.3 Å². The van der Waals surface area contributed by atoms with Crippen LogP contribution in [0.25, 0.3) is 23.1 Å². The highest BCUT2D eigenvalue weighted by molar-refractivity contribution is 5.57. The Kier molecular flexibility index (Phi) is 5.59. The van der Waals surface area contributed by atoms with Gasteiger partial charge in [0.2, 0.25) is 17.6 Å². The van der Waals surface area contributed by atoms with E-state index in [0.29, 0.717) is 23.9 Å². The molecule has 0 unspecified atom stereocenters. The topological polar surface area (TPSA) is 108 Å². The van der Waals surface area contributed by atoms with Gasteiger partial charge in [-0.1, -0.05) is 5.16 Å². The molecule has 176 valence electrons. The van der Waals surface area contributed by atoms with Crippen LogP contribution in [0.3, 0.4) is 0 Å². The molecule has 0 N–H and O–H groups in total. The van der Waals surface area contributed by atoms with Crippen molar-refractivity contribution in [2.45, 2.75) is 32.7 Å². The van der Waals surface area contributed by atoms with E-state index in [0.717, 1.165) is 31.6 Å². The average molecular weight is 472 g/mol. The second-order valence-corrected chi connectivity index (χ2v) is 7.68. The fourth-order valence-electron chi connectivity index (χ4n) is 3.59. The first-order valence-electron chi connectivity index (χ1n) is 10.5. The quantitative estimate of drug-likeness (QED) is 0.416. The van der Waals surface area contributed by atoms with E-state index in [2.05, 4.69) is 39.8 Å². The van der Waals surface area contributed by atoms with Crippen LogP contribution >= 0.6 is 0 Å². The number of anilines is 1. The number of rotatable bonds is 6. The van der Waals surface area contributed by atoms with Gasteiger partial charge in [0.25, 0.3) is 5.89 Å². The van der Waals surface area contributed by atoms with Crippen molar-refractivity contribution in [1.29, 1.82) is 0 Å². The Labute approximate surface area is 191 Å². The van der Waals surface area contributed by atoms with Gasteiger partial charge in [-0.05, 0) is 50.1 Å². The molecule has 10 nitrogen and oxygen atoms in total. The van der Waals surface area contributed by atoms with Gasteiger partial charge >= 0.3 is 6.36 Å². The van der Waals surface area contributed by atoms with Crippen LogP contribution in [0.1, 0.15) is 24.4 Å². The predicted octanol–water partition coefficient (Wildman–Crippen LogP) is 3.64. The Hall–Kier alpha value is -4.03. The maximum atomic E-state index is 12.3. The van der Waals surface area contributed by atoms with Crippen LogP contribution < -0.4 is 9.64 Å². The molecule has 0 saturated carbocycles. The molecule has 1 aliphatic heterocycles. The molecular formula is C21H19F3N8O2. The molecule has 34 heavy (non-hydrogen) atoms. The molecule has 0 radical (unpaired) electrons. The molecule has 13 heteroatoms. The third kappa shape index (κ3) is 4.82. The fourth-order valence-corrected chi connectivity index (χ4v) is 3.59. The van der Waals surface area contributed by atoms with E-state index in [4.69, 9.17) is 4.52 Å². The van der Waals surface area contributed by atoms with Crippen LogP contribution in [0.15, 0.2) is 41.1 Å².